The van der Waals surface area contributed by atoms with Gasteiger partial charge in [0, 0.05) is 18.2 Å². The molecule has 0 bridgehead atoms. The van der Waals surface area contributed by atoms with Crippen LogP contribution in [0, 0.1) is 5.41 Å². The first kappa shape index (κ1) is 24.9. The van der Waals surface area contributed by atoms with Crippen LogP contribution in [0.3, 0.4) is 0 Å². The van der Waals surface area contributed by atoms with E-state index in [-0.39, 0.29) is 17.3 Å². The number of nitrogens with one attached hydrogen (secondary N) is 3. The lowest BCUT2D eigenvalue weighted by Gasteiger charge is -2.20. The molecule has 1 atom stereocenters. The second-order valence-electron chi connectivity index (χ2n) is 7.81. The fraction of sp³-hybridized carbons (Fsp3) is 0.542. The van der Waals surface area contributed by atoms with Crippen LogP contribution in [0.5, 0.6) is 5.75 Å². The molecule has 3 N–H and O–H groups in total. The van der Waals surface area contributed by atoms with Crippen molar-refractivity contribution in [2.24, 2.45) is 0 Å². The van der Waals surface area contributed by atoms with E-state index >= 15 is 0 Å². The molecule has 0 aliphatic carbocycles. The zero-order chi connectivity index (χ0) is 22.8. The smallest absolute Gasteiger partial charge is 0.262 e. The van der Waals surface area contributed by atoms with Gasteiger partial charge >= 0.3 is 0 Å². The highest BCUT2D eigenvalue weighted by atomic mass is 35.5. The van der Waals surface area contributed by atoms with Gasteiger partial charge in [-0.3, -0.25) is 4.79 Å². The van der Waals surface area contributed by atoms with E-state index < -0.39 is 0 Å². The summed E-state index contributed by atoms with van der Waals surface area (Å²) in [5.74, 6) is 1.66. The van der Waals surface area contributed by atoms with Crippen LogP contribution in [-0.2, 0) is 6.42 Å². The molecule has 2 aromatic rings. The summed E-state index contributed by atoms with van der Waals surface area (Å²) in [6.45, 7) is 6.21. The SMILES string of the molecule is CCCCCCC(CC)Nc1nc(Cc2ccc(OC)c(Cl)c2)[nH]c(=O)c1C(=N)CC. The number of unbranched alkanes of at least 4 members (excludes halogenated alkanes) is 3. The van der Waals surface area contributed by atoms with Crippen LogP contribution in [0.2, 0.25) is 5.02 Å². The highest BCUT2D eigenvalue weighted by molar-refractivity contribution is 6.32. The van der Waals surface area contributed by atoms with E-state index in [1.54, 1.807) is 13.2 Å². The number of ether oxygens (including phenoxy) is 1. The van der Waals surface area contributed by atoms with Crippen molar-refractivity contribution < 1.29 is 4.74 Å². The molecule has 1 aromatic heterocycles. The maximum absolute atomic E-state index is 12.9. The minimum Gasteiger partial charge on any atom is -0.495 e. The number of aromatic amines is 1. The summed E-state index contributed by atoms with van der Waals surface area (Å²) in [5, 5.41) is 12.3. The minimum absolute atomic E-state index is 0.220. The average Bonchev–Trinajstić information content (AvgIpc) is 2.75. The first-order valence-electron chi connectivity index (χ1n) is 11.2. The molecule has 0 saturated heterocycles. The lowest BCUT2D eigenvalue weighted by molar-refractivity contribution is 0.415. The summed E-state index contributed by atoms with van der Waals surface area (Å²) in [7, 11) is 1.58. The number of aromatic nitrogens is 2. The summed E-state index contributed by atoms with van der Waals surface area (Å²) in [6.07, 6.45) is 7.65. The molecule has 0 saturated carbocycles. The third-order valence-electron chi connectivity index (χ3n) is 5.45. The van der Waals surface area contributed by atoms with E-state index in [0.717, 1.165) is 24.8 Å². The lowest BCUT2D eigenvalue weighted by atomic mass is 10.0. The number of anilines is 1. The van der Waals surface area contributed by atoms with Crippen LogP contribution in [0.25, 0.3) is 0 Å². The van der Waals surface area contributed by atoms with E-state index in [2.05, 4.69) is 24.1 Å². The number of methoxy groups -OCH3 is 1. The Balaban J connectivity index is 2.31. The second kappa shape index (κ2) is 12.5. The monoisotopic (exact) mass is 446 g/mol. The van der Waals surface area contributed by atoms with Crippen molar-refractivity contribution >= 4 is 23.1 Å². The number of halogens is 1. The van der Waals surface area contributed by atoms with Gasteiger partial charge in [-0.05, 0) is 37.0 Å². The van der Waals surface area contributed by atoms with Crippen LogP contribution >= 0.6 is 11.6 Å². The van der Waals surface area contributed by atoms with Crippen molar-refractivity contribution in [3.8, 4) is 5.75 Å². The first-order chi connectivity index (χ1) is 14.9. The van der Waals surface area contributed by atoms with Crippen molar-refractivity contribution in [3.05, 3.63) is 50.5 Å². The average molecular weight is 447 g/mol. The number of benzene rings is 1. The highest BCUT2D eigenvalue weighted by Gasteiger charge is 2.18. The molecule has 0 spiro atoms. The zero-order valence-electron chi connectivity index (χ0n) is 19.1. The van der Waals surface area contributed by atoms with Gasteiger partial charge in [0.2, 0.25) is 0 Å². The lowest BCUT2D eigenvalue weighted by Crippen LogP contribution is -2.28. The Hall–Kier alpha value is -2.34. The van der Waals surface area contributed by atoms with E-state index in [1.165, 1.54) is 19.3 Å². The molecule has 0 aliphatic rings. The van der Waals surface area contributed by atoms with Gasteiger partial charge in [-0.25, -0.2) is 4.98 Å². The summed E-state index contributed by atoms with van der Waals surface area (Å²) >= 11 is 6.24. The van der Waals surface area contributed by atoms with Gasteiger partial charge < -0.3 is 20.4 Å². The van der Waals surface area contributed by atoms with Crippen molar-refractivity contribution in [1.82, 2.24) is 9.97 Å². The van der Waals surface area contributed by atoms with Crippen LogP contribution in [0.15, 0.2) is 23.0 Å². The second-order valence-corrected chi connectivity index (χ2v) is 8.22. The van der Waals surface area contributed by atoms with Crippen LogP contribution in [0.4, 0.5) is 5.82 Å². The molecule has 1 unspecified atom stereocenters. The van der Waals surface area contributed by atoms with Crippen LogP contribution < -0.4 is 15.6 Å². The molecule has 31 heavy (non-hydrogen) atoms. The Morgan fingerprint density at radius 1 is 1.26 bits per heavy atom. The predicted octanol–water partition coefficient (Wildman–Crippen LogP) is 5.96. The maximum atomic E-state index is 12.9. The van der Waals surface area contributed by atoms with Gasteiger partial charge in [0.25, 0.3) is 5.56 Å². The number of hydrogen-bond donors (Lipinski definition) is 3. The van der Waals surface area contributed by atoms with Gasteiger partial charge in [0.15, 0.2) is 0 Å². The van der Waals surface area contributed by atoms with E-state index in [1.807, 2.05) is 19.1 Å². The third-order valence-corrected chi connectivity index (χ3v) is 5.75. The molecule has 6 nitrogen and oxygen atoms in total. The molecule has 170 valence electrons. The molecule has 1 aromatic carbocycles. The molecule has 2 rings (SSSR count). The summed E-state index contributed by atoms with van der Waals surface area (Å²) in [5.41, 5.74) is 1.27. The number of H-pyrrole nitrogens is 1. The highest BCUT2D eigenvalue weighted by Crippen LogP contribution is 2.26. The Bertz CT molecular complexity index is 926. The zero-order valence-corrected chi connectivity index (χ0v) is 19.9. The van der Waals surface area contributed by atoms with E-state index in [0.29, 0.717) is 40.8 Å². The molecule has 0 aliphatic heterocycles. The quantitative estimate of drug-likeness (QED) is 0.261. The fourth-order valence-corrected chi connectivity index (χ4v) is 3.85. The standard InChI is InChI=1S/C24H35ClN4O2/c1-5-8-9-10-11-17(6-2)27-23-22(19(26)7-3)24(30)29-21(28-23)15-16-12-13-20(31-4)18(25)14-16/h12-14,17,26H,5-11,15H2,1-4H3,(H2,27,28,29,30). The molecular formula is C24H35ClN4O2. The summed E-state index contributed by atoms with van der Waals surface area (Å²) in [6, 6.07) is 5.75. The summed E-state index contributed by atoms with van der Waals surface area (Å²) < 4.78 is 5.21. The maximum Gasteiger partial charge on any atom is 0.262 e. The molecule has 1 heterocycles. The van der Waals surface area contributed by atoms with Crippen molar-refractivity contribution in [3.63, 3.8) is 0 Å². The Kier molecular flexibility index (Phi) is 10.0. The molecule has 0 amide bonds. The first-order valence-corrected chi connectivity index (χ1v) is 11.6. The van der Waals surface area contributed by atoms with Crippen molar-refractivity contribution in [2.45, 2.75) is 78.2 Å². The van der Waals surface area contributed by atoms with Crippen molar-refractivity contribution in [2.75, 3.05) is 12.4 Å². The van der Waals surface area contributed by atoms with Gasteiger partial charge in [0.1, 0.15) is 23.0 Å². The Labute approximate surface area is 190 Å². The normalized spacial score (nSPS) is 11.9. The van der Waals surface area contributed by atoms with E-state index in [4.69, 9.17) is 26.7 Å². The number of rotatable bonds is 13. The summed E-state index contributed by atoms with van der Waals surface area (Å²) in [4.78, 5) is 20.4. The number of nitrogens with zero attached hydrogens (tertiary/aromatic N) is 1. The minimum atomic E-state index is -0.278. The van der Waals surface area contributed by atoms with Gasteiger partial charge in [-0.2, -0.15) is 0 Å². The fourth-order valence-electron chi connectivity index (χ4n) is 3.57. The predicted molar refractivity (Wildman–Crippen MR) is 129 cm³/mol. The largest absolute Gasteiger partial charge is 0.495 e. The Morgan fingerprint density at radius 2 is 2.03 bits per heavy atom. The van der Waals surface area contributed by atoms with Gasteiger partial charge in [-0.1, -0.05) is 64.1 Å². The molecule has 0 fully saturated rings. The molecular weight excluding hydrogens is 412 g/mol. The van der Waals surface area contributed by atoms with E-state index in [9.17, 15) is 4.79 Å². The topological polar surface area (TPSA) is 90.9 Å². The van der Waals surface area contributed by atoms with Crippen LogP contribution in [0.1, 0.15) is 82.7 Å². The number of hydrogen-bond acceptors (Lipinski definition) is 5. The Morgan fingerprint density at radius 3 is 2.65 bits per heavy atom. The molecule has 0 radical (unpaired) electrons. The van der Waals surface area contributed by atoms with Gasteiger partial charge in [0.05, 0.1) is 12.1 Å². The molecule has 7 heteroatoms. The van der Waals surface area contributed by atoms with Crippen molar-refractivity contribution in [1.29, 1.82) is 5.41 Å². The third kappa shape index (κ3) is 7.10. The van der Waals surface area contributed by atoms with Crippen LogP contribution in [-0.4, -0.2) is 28.8 Å². The van der Waals surface area contributed by atoms with Gasteiger partial charge in [-0.15, -0.1) is 0 Å².